The maximum absolute atomic E-state index is 12.2. The lowest BCUT2D eigenvalue weighted by molar-refractivity contribution is -0.129. The van der Waals surface area contributed by atoms with E-state index in [2.05, 4.69) is 19.2 Å². The SMILES string of the molecule is CC[C@@H](Oc1ccc(Cl)c(C)c1)C(=O)N[C@H](C)C(C)C. The molecule has 0 aliphatic carbocycles. The number of benzene rings is 1. The third kappa shape index (κ3) is 4.71. The highest BCUT2D eigenvalue weighted by atomic mass is 35.5. The van der Waals surface area contributed by atoms with E-state index in [1.165, 1.54) is 0 Å². The highest BCUT2D eigenvalue weighted by molar-refractivity contribution is 6.31. The smallest absolute Gasteiger partial charge is 0.261 e. The summed E-state index contributed by atoms with van der Waals surface area (Å²) in [7, 11) is 0. The van der Waals surface area contributed by atoms with Gasteiger partial charge < -0.3 is 10.1 Å². The molecule has 0 radical (unpaired) electrons. The Morgan fingerprint density at radius 2 is 2.00 bits per heavy atom. The molecule has 0 unspecified atom stereocenters. The van der Waals surface area contributed by atoms with Crippen LogP contribution < -0.4 is 10.1 Å². The van der Waals surface area contributed by atoms with Crippen molar-refractivity contribution >= 4 is 17.5 Å². The van der Waals surface area contributed by atoms with Gasteiger partial charge in [0.25, 0.3) is 5.91 Å². The number of carbonyl (C=O) groups is 1. The van der Waals surface area contributed by atoms with Crippen LogP contribution in [0.25, 0.3) is 0 Å². The van der Waals surface area contributed by atoms with E-state index in [-0.39, 0.29) is 11.9 Å². The van der Waals surface area contributed by atoms with Crippen LogP contribution in [0.3, 0.4) is 0 Å². The molecule has 1 aromatic carbocycles. The van der Waals surface area contributed by atoms with Gasteiger partial charge in [0.2, 0.25) is 0 Å². The minimum absolute atomic E-state index is 0.0682. The molecule has 4 heteroatoms. The molecular weight excluding hydrogens is 274 g/mol. The fourth-order valence-electron chi connectivity index (χ4n) is 1.66. The molecule has 3 nitrogen and oxygen atoms in total. The Labute approximate surface area is 126 Å². The van der Waals surface area contributed by atoms with Gasteiger partial charge in [-0.2, -0.15) is 0 Å². The van der Waals surface area contributed by atoms with Gasteiger partial charge in [-0.1, -0.05) is 32.4 Å². The Morgan fingerprint density at radius 1 is 1.35 bits per heavy atom. The Morgan fingerprint density at radius 3 is 2.50 bits per heavy atom. The predicted molar refractivity (Wildman–Crippen MR) is 83.3 cm³/mol. The van der Waals surface area contributed by atoms with E-state index in [1.807, 2.05) is 26.8 Å². The number of aryl methyl sites for hydroxylation is 1. The maximum atomic E-state index is 12.2. The van der Waals surface area contributed by atoms with Crippen molar-refractivity contribution in [2.24, 2.45) is 5.92 Å². The van der Waals surface area contributed by atoms with Crippen LogP contribution in [0, 0.1) is 12.8 Å². The molecule has 0 fully saturated rings. The van der Waals surface area contributed by atoms with Crippen LogP contribution in [-0.2, 0) is 4.79 Å². The standard InChI is InChI=1S/C16H24ClNO2/c1-6-15(16(19)18-12(5)10(2)3)20-13-7-8-14(17)11(4)9-13/h7-10,12,15H,6H2,1-5H3,(H,18,19)/t12-,15-/m1/s1. The van der Waals surface area contributed by atoms with Crippen molar-refractivity contribution in [2.45, 2.75) is 53.2 Å². The van der Waals surface area contributed by atoms with E-state index in [0.717, 1.165) is 5.56 Å². The van der Waals surface area contributed by atoms with Crippen LogP contribution in [0.15, 0.2) is 18.2 Å². The fraction of sp³-hybridized carbons (Fsp3) is 0.562. The number of carbonyl (C=O) groups excluding carboxylic acids is 1. The summed E-state index contributed by atoms with van der Waals surface area (Å²) in [5, 5.41) is 3.68. The van der Waals surface area contributed by atoms with Gasteiger partial charge in [0.15, 0.2) is 6.10 Å². The molecule has 0 spiro atoms. The predicted octanol–water partition coefficient (Wildman–Crippen LogP) is 3.97. The van der Waals surface area contributed by atoms with Crippen molar-refractivity contribution in [1.29, 1.82) is 0 Å². The monoisotopic (exact) mass is 297 g/mol. The molecule has 0 saturated heterocycles. The van der Waals surface area contributed by atoms with Crippen molar-refractivity contribution in [3.8, 4) is 5.75 Å². The first-order valence-corrected chi connectivity index (χ1v) is 7.46. The molecule has 0 aromatic heterocycles. The van der Waals surface area contributed by atoms with Gasteiger partial charge in [0, 0.05) is 11.1 Å². The zero-order valence-electron chi connectivity index (χ0n) is 12.9. The molecule has 1 N–H and O–H groups in total. The van der Waals surface area contributed by atoms with Gasteiger partial charge in [-0.3, -0.25) is 4.79 Å². The highest BCUT2D eigenvalue weighted by Gasteiger charge is 2.21. The quantitative estimate of drug-likeness (QED) is 0.863. The average molecular weight is 298 g/mol. The Bertz CT molecular complexity index is 460. The second-order valence-electron chi connectivity index (χ2n) is 5.47. The zero-order valence-corrected chi connectivity index (χ0v) is 13.6. The number of ether oxygens (including phenoxy) is 1. The normalized spacial score (nSPS) is 13.9. The van der Waals surface area contributed by atoms with Gasteiger partial charge in [-0.05, 0) is 49.9 Å². The summed E-state index contributed by atoms with van der Waals surface area (Å²) >= 11 is 5.98. The molecule has 2 atom stereocenters. The molecule has 20 heavy (non-hydrogen) atoms. The van der Waals surface area contributed by atoms with Crippen LogP contribution in [0.1, 0.15) is 39.7 Å². The van der Waals surface area contributed by atoms with Crippen LogP contribution in [0.2, 0.25) is 5.02 Å². The van der Waals surface area contributed by atoms with Gasteiger partial charge in [-0.15, -0.1) is 0 Å². The number of amides is 1. The summed E-state index contributed by atoms with van der Waals surface area (Å²) in [4.78, 5) is 12.2. The summed E-state index contributed by atoms with van der Waals surface area (Å²) < 4.78 is 5.77. The van der Waals surface area contributed by atoms with Gasteiger partial charge >= 0.3 is 0 Å². The Hall–Kier alpha value is -1.22. The molecule has 0 saturated carbocycles. The average Bonchev–Trinajstić information content (AvgIpc) is 2.39. The van der Waals surface area contributed by atoms with E-state index < -0.39 is 6.10 Å². The van der Waals surface area contributed by atoms with Crippen LogP contribution in [0.5, 0.6) is 5.75 Å². The zero-order chi connectivity index (χ0) is 15.3. The molecular formula is C16H24ClNO2. The van der Waals surface area contributed by atoms with E-state index in [1.54, 1.807) is 12.1 Å². The van der Waals surface area contributed by atoms with Crippen molar-refractivity contribution in [3.63, 3.8) is 0 Å². The van der Waals surface area contributed by atoms with Crippen molar-refractivity contribution in [1.82, 2.24) is 5.32 Å². The van der Waals surface area contributed by atoms with Crippen molar-refractivity contribution in [2.75, 3.05) is 0 Å². The highest BCUT2D eigenvalue weighted by Crippen LogP contribution is 2.22. The lowest BCUT2D eigenvalue weighted by atomic mass is 10.1. The van der Waals surface area contributed by atoms with Crippen LogP contribution in [-0.4, -0.2) is 18.1 Å². The number of nitrogens with one attached hydrogen (secondary N) is 1. The van der Waals surface area contributed by atoms with Crippen LogP contribution >= 0.6 is 11.6 Å². The van der Waals surface area contributed by atoms with Crippen molar-refractivity contribution < 1.29 is 9.53 Å². The first-order valence-electron chi connectivity index (χ1n) is 7.08. The Balaban J connectivity index is 2.71. The molecule has 1 aromatic rings. The van der Waals surface area contributed by atoms with Gasteiger partial charge in [-0.25, -0.2) is 0 Å². The number of halogens is 1. The lowest BCUT2D eigenvalue weighted by Gasteiger charge is -2.22. The van der Waals surface area contributed by atoms with E-state index in [9.17, 15) is 4.79 Å². The summed E-state index contributed by atoms with van der Waals surface area (Å²) in [6.07, 6.45) is 0.148. The molecule has 0 bridgehead atoms. The van der Waals surface area contributed by atoms with E-state index in [0.29, 0.717) is 23.1 Å². The molecule has 112 valence electrons. The lowest BCUT2D eigenvalue weighted by Crippen LogP contribution is -2.44. The fourth-order valence-corrected chi connectivity index (χ4v) is 1.78. The van der Waals surface area contributed by atoms with Crippen molar-refractivity contribution in [3.05, 3.63) is 28.8 Å². The third-order valence-corrected chi connectivity index (χ3v) is 3.86. The second-order valence-corrected chi connectivity index (χ2v) is 5.87. The number of rotatable bonds is 6. The van der Waals surface area contributed by atoms with Crippen LogP contribution in [0.4, 0.5) is 0 Å². The molecule has 0 heterocycles. The summed E-state index contributed by atoms with van der Waals surface area (Å²) in [6.45, 7) is 10.0. The minimum Gasteiger partial charge on any atom is -0.481 e. The molecule has 1 amide bonds. The summed E-state index contributed by atoms with van der Waals surface area (Å²) in [6, 6.07) is 5.56. The number of hydrogen-bond donors (Lipinski definition) is 1. The minimum atomic E-state index is -0.475. The topological polar surface area (TPSA) is 38.3 Å². The largest absolute Gasteiger partial charge is 0.481 e. The molecule has 0 aliphatic rings. The van der Waals surface area contributed by atoms with Gasteiger partial charge in [0.1, 0.15) is 5.75 Å². The van der Waals surface area contributed by atoms with Gasteiger partial charge in [0.05, 0.1) is 0 Å². The summed E-state index contributed by atoms with van der Waals surface area (Å²) in [5.41, 5.74) is 0.940. The molecule has 0 aliphatic heterocycles. The van der Waals surface area contributed by atoms with E-state index in [4.69, 9.17) is 16.3 Å². The maximum Gasteiger partial charge on any atom is 0.261 e. The first-order chi connectivity index (χ1) is 9.35. The van der Waals surface area contributed by atoms with E-state index >= 15 is 0 Å². The molecule has 1 rings (SSSR count). The third-order valence-electron chi connectivity index (χ3n) is 3.44. The number of hydrogen-bond acceptors (Lipinski definition) is 2. The Kier molecular flexibility index (Phi) is 6.34. The first kappa shape index (κ1) is 16.8. The summed E-state index contributed by atoms with van der Waals surface area (Å²) in [5.74, 6) is 1.00. The second kappa shape index (κ2) is 7.53.